The largest absolute Gasteiger partial charge is 0.412 e. The molecular weight excluding hydrogens is 508 g/mol. The molecule has 0 bridgehead atoms. The van der Waals surface area contributed by atoms with Crippen molar-refractivity contribution in [1.29, 1.82) is 0 Å². The summed E-state index contributed by atoms with van der Waals surface area (Å²) in [6, 6.07) is 12.8. The van der Waals surface area contributed by atoms with E-state index in [9.17, 15) is 14.0 Å². The van der Waals surface area contributed by atoms with Gasteiger partial charge in [-0.1, -0.05) is 29.3 Å². The minimum atomic E-state index is -0.622. The number of amides is 2. The van der Waals surface area contributed by atoms with Crippen LogP contribution in [-0.4, -0.2) is 39.1 Å². The molecule has 2 aromatic carbocycles. The second-order valence-corrected chi connectivity index (χ2v) is 9.41. The topological polar surface area (TPSA) is 110 Å². The van der Waals surface area contributed by atoms with Gasteiger partial charge in [-0.05, 0) is 68.1 Å². The third kappa shape index (κ3) is 5.32. The molecular formula is C25H20Cl2FN5O3. The summed E-state index contributed by atoms with van der Waals surface area (Å²) in [4.78, 5) is 29.7. The molecule has 4 aromatic rings. The first-order valence-electron chi connectivity index (χ1n) is 11.3. The van der Waals surface area contributed by atoms with E-state index in [1.54, 1.807) is 24.3 Å². The van der Waals surface area contributed by atoms with Gasteiger partial charge in [-0.25, -0.2) is 9.37 Å². The monoisotopic (exact) mass is 527 g/mol. The molecule has 8 nitrogen and oxygen atoms in total. The molecule has 1 aliphatic rings. The van der Waals surface area contributed by atoms with Crippen LogP contribution in [0.2, 0.25) is 10.0 Å². The number of fused-ring (bicyclic) bond motifs is 1. The lowest BCUT2D eigenvalue weighted by molar-refractivity contribution is 0.0869. The van der Waals surface area contributed by atoms with Gasteiger partial charge in [-0.3, -0.25) is 9.59 Å². The standard InChI is InChI=1S/C25H20Cl2FN5O3/c26-15-3-10-20-13(11-15)2-9-21(31-20)22(34)29-16-4-6-17(7-5-16)30-23(35)25-33-32-24(36-25)14-1-8-18(27)19(28)12-14/h1-3,8-12,16-17H,4-7H2,(H,29,34)(H,30,35)/t16-,17-. The number of pyridine rings is 1. The molecule has 2 aromatic heterocycles. The Morgan fingerprint density at radius 2 is 1.61 bits per heavy atom. The Labute approximate surface area is 215 Å². The number of carbonyl (C=O) groups excluding carboxylic acids is 2. The number of aromatic nitrogens is 3. The van der Waals surface area contributed by atoms with Crippen LogP contribution < -0.4 is 10.6 Å². The van der Waals surface area contributed by atoms with Crippen molar-refractivity contribution < 1.29 is 18.4 Å². The van der Waals surface area contributed by atoms with Crippen LogP contribution in [0.4, 0.5) is 4.39 Å². The van der Waals surface area contributed by atoms with E-state index in [1.165, 1.54) is 12.1 Å². The summed E-state index contributed by atoms with van der Waals surface area (Å²) in [7, 11) is 0. The van der Waals surface area contributed by atoms with Crippen LogP contribution in [0.3, 0.4) is 0 Å². The maximum absolute atomic E-state index is 13.7. The van der Waals surface area contributed by atoms with Crippen molar-refractivity contribution in [2.24, 2.45) is 0 Å². The fourth-order valence-electron chi connectivity index (χ4n) is 4.17. The van der Waals surface area contributed by atoms with E-state index < -0.39 is 11.7 Å². The second-order valence-electron chi connectivity index (χ2n) is 8.57. The summed E-state index contributed by atoms with van der Waals surface area (Å²) in [5.74, 6) is -1.55. The minimum Gasteiger partial charge on any atom is -0.412 e. The second kappa shape index (κ2) is 10.2. The highest BCUT2D eigenvalue weighted by molar-refractivity contribution is 6.31. The van der Waals surface area contributed by atoms with Gasteiger partial charge in [0, 0.05) is 28.1 Å². The molecule has 2 amide bonds. The van der Waals surface area contributed by atoms with Crippen molar-refractivity contribution in [3.63, 3.8) is 0 Å². The van der Waals surface area contributed by atoms with Crippen LogP contribution in [0.15, 0.2) is 52.9 Å². The van der Waals surface area contributed by atoms with Gasteiger partial charge in [0.1, 0.15) is 11.5 Å². The van der Waals surface area contributed by atoms with E-state index in [2.05, 4.69) is 25.8 Å². The Kier molecular flexibility index (Phi) is 6.84. The van der Waals surface area contributed by atoms with Crippen molar-refractivity contribution >= 4 is 45.9 Å². The van der Waals surface area contributed by atoms with E-state index in [0.29, 0.717) is 47.5 Å². The summed E-state index contributed by atoms with van der Waals surface area (Å²) < 4.78 is 19.1. The number of benzene rings is 2. The fourth-order valence-corrected chi connectivity index (χ4v) is 4.47. The van der Waals surface area contributed by atoms with Crippen LogP contribution in [0.1, 0.15) is 46.9 Å². The first kappa shape index (κ1) is 24.1. The van der Waals surface area contributed by atoms with E-state index >= 15 is 0 Å². The van der Waals surface area contributed by atoms with Crippen LogP contribution in [0, 0.1) is 5.82 Å². The summed E-state index contributed by atoms with van der Waals surface area (Å²) in [6.07, 6.45) is 2.73. The van der Waals surface area contributed by atoms with Gasteiger partial charge in [0.25, 0.3) is 5.91 Å². The molecule has 2 heterocycles. The summed E-state index contributed by atoms with van der Waals surface area (Å²) in [6.45, 7) is 0. The fraction of sp³-hybridized carbons (Fsp3) is 0.240. The van der Waals surface area contributed by atoms with Gasteiger partial charge < -0.3 is 15.1 Å². The zero-order valence-corrected chi connectivity index (χ0v) is 20.3. The van der Waals surface area contributed by atoms with Crippen LogP contribution >= 0.6 is 23.2 Å². The zero-order chi connectivity index (χ0) is 25.2. The molecule has 11 heteroatoms. The Balaban J connectivity index is 1.13. The van der Waals surface area contributed by atoms with E-state index in [4.69, 9.17) is 27.6 Å². The number of hydrogen-bond donors (Lipinski definition) is 2. The number of rotatable bonds is 5. The number of nitrogens with one attached hydrogen (secondary N) is 2. The number of hydrogen-bond acceptors (Lipinski definition) is 6. The quantitative estimate of drug-likeness (QED) is 0.369. The molecule has 0 atom stereocenters. The molecule has 0 saturated heterocycles. The van der Waals surface area contributed by atoms with E-state index in [0.717, 1.165) is 11.5 Å². The predicted octanol–water partition coefficient (Wildman–Crippen LogP) is 5.20. The van der Waals surface area contributed by atoms with Crippen molar-refractivity contribution in [2.45, 2.75) is 37.8 Å². The first-order valence-corrected chi connectivity index (χ1v) is 12.1. The normalized spacial score (nSPS) is 17.6. The molecule has 0 aliphatic heterocycles. The SMILES string of the molecule is O=C(N[C@H]1CC[C@H](NC(=O)c2nnc(-c3ccc(Cl)c(F)c3)o2)CC1)c1ccc2cc(Cl)ccc2n1. The Bertz CT molecular complexity index is 1450. The maximum atomic E-state index is 13.7. The Morgan fingerprint density at radius 1 is 0.889 bits per heavy atom. The Morgan fingerprint density at radius 3 is 2.33 bits per heavy atom. The van der Waals surface area contributed by atoms with Gasteiger partial charge in [0.15, 0.2) is 0 Å². The van der Waals surface area contributed by atoms with E-state index in [1.807, 2.05) is 6.07 Å². The predicted molar refractivity (Wildman–Crippen MR) is 132 cm³/mol. The molecule has 1 fully saturated rings. The molecule has 36 heavy (non-hydrogen) atoms. The number of nitrogens with zero attached hydrogens (tertiary/aromatic N) is 3. The highest BCUT2D eigenvalue weighted by Crippen LogP contribution is 2.24. The summed E-state index contributed by atoms with van der Waals surface area (Å²) in [5.41, 5.74) is 1.36. The van der Waals surface area contributed by atoms with Gasteiger partial charge in [0.05, 0.1) is 10.5 Å². The molecule has 0 unspecified atom stereocenters. The highest BCUT2D eigenvalue weighted by Gasteiger charge is 2.26. The van der Waals surface area contributed by atoms with E-state index in [-0.39, 0.29) is 34.8 Å². The molecule has 0 radical (unpaired) electrons. The smallest absolute Gasteiger partial charge is 0.309 e. The lowest BCUT2D eigenvalue weighted by Gasteiger charge is -2.29. The average molecular weight is 528 g/mol. The molecule has 1 saturated carbocycles. The summed E-state index contributed by atoms with van der Waals surface area (Å²) >= 11 is 11.7. The molecule has 184 valence electrons. The summed E-state index contributed by atoms with van der Waals surface area (Å²) in [5, 5.41) is 15.0. The first-order chi connectivity index (χ1) is 17.4. The van der Waals surface area contributed by atoms with Gasteiger partial charge >= 0.3 is 11.8 Å². The molecule has 2 N–H and O–H groups in total. The van der Waals surface area contributed by atoms with Gasteiger partial charge in [-0.15, -0.1) is 10.2 Å². The molecule has 0 spiro atoms. The molecule has 5 rings (SSSR count). The van der Waals surface area contributed by atoms with Crippen LogP contribution in [-0.2, 0) is 0 Å². The zero-order valence-electron chi connectivity index (χ0n) is 18.8. The number of carbonyl (C=O) groups is 2. The maximum Gasteiger partial charge on any atom is 0.309 e. The number of halogens is 3. The van der Waals surface area contributed by atoms with Crippen molar-refractivity contribution in [1.82, 2.24) is 25.8 Å². The minimum absolute atomic E-state index is 0.0209. The highest BCUT2D eigenvalue weighted by atomic mass is 35.5. The molecule has 1 aliphatic carbocycles. The van der Waals surface area contributed by atoms with Crippen molar-refractivity contribution in [2.75, 3.05) is 0 Å². The lowest BCUT2D eigenvalue weighted by Crippen LogP contribution is -2.44. The third-order valence-electron chi connectivity index (χ3n) is 6.07. The van der Waals surface area contributed by atoms with Crippen LogP contribution in [0.25, 0.3) is 22.4 Å². The average Bonchev–Trinajstić information content (AvgIpc) is 3.37. The third-order valence-corrected chi connectivity index (χ3v) is 6.61. The van der Waals surface area contributed by atoms with Crippen molar-refractivity contribution in [3.05, 3.63) is 76.0 Å². The van der Waals surface area contributed by atoms with Crippen molar-refractivity contribution in [3.8, 4) is 11.5 Å². The van der Waals surface area contributed by atoms with Gasteiger partial charge in [-0.2, -0.15) is 0 Å². The van der Waals surface area contributed by atoms with Crippen LogP contribution in [0.5, 0.6) is 0 Å². The lowest BCUT2D eigenvalue weighted by atomic mass is 9.91. The Hall–Kier alpha value is -3.56. The van der Waals surface area contributed by atoms with Gasteiger partial charge in [0.2, 0.25) is 5.89 Å².